The van der Waals surface area contributed by atoms with Gasteiger partial charge in [0.05, 0.1) is 10.7 Å². The highest BCUT2D eigenvalue weighted by Gasteiger charge is 2.08. The maximum Gasteiger partial charge on any atom is 0.417 e. The molecule has 1 amide bonds. The van der Waals surface area contributed by atoms with E-state index in [1.807, 2.05) is 0 Å². The summed E-state index contributed by atoms with van der Waals surface area (Å²) in [6.45, 7) is 0. The van der Waals surface area contributed by atoms with Crippen LogP contribution in [0.2, 0.25) is 5.02 Å². The molecule has 2 aromatic carbocycles. The third-order valence-electron chi connectivity index (χ3n) is 2.12. The van der Waals surface area contributed by atoms with Crippen molar-refractivity contribution in [3.63, 3.8) is 0 Å². The van der Waals surface area contributed by atoms with Crippen molar-refractivity contribution < 1.29 is 13.9 Å². The number of nitrogens with one attached hydrogen (secondary N) is 1. The van der Waals surface area contributed by atoms with E-state index in [0.29, 0.717) is 5.75 Å². The minimum atomic E-state index is -0.728. The Morgan fingerprint density at radius 3 is 2.61 bits per heavy atom. The minimum Gasteiger partial charge on any atom is -0.410 e. The molecule has 0 spiro atoms. The molecule has 0 bridgehead atoms. The first-order valence-electron chi connectivity index (χ1n) is 5.14. The standard InChI is InChI=1S/C13H9ClFNO2/c14-11-7-6-9(15)8-12(11)16-13(17)18-10-4-2-1-3-5-10/h1-8H,(H,16,17). The number of benzene rings is 2. The van der Waals surface area contributed by atoms with E-state index in [4.69, 9.17) is 16.3 Å². The lowest BCUT2D eigenvalue weighted by molar-refractivity contribution is 0.215. The van der Waals surface area contributed by atoms with Crippen LogP contribution in [0.15, 0.2) is 48.5 Å². The highest BCUT2D eigenvalue weighted by molar-refractivity contribution is 6.33. The Kier molecular flexibility index (Phi) is 3.79. The van der Waals surface area contributed by atoms with E-state index in [-0.39, 0.29) is 10.7 Å². The van der Waals surface area contributed by atoms with Crippen LogP contribution in [0, 0.1) is 5.82 Å². The fourth-order valence-corrected chi connectivity index (χ4v) is 1.49. The van der Waals surface area contributed by atoms with Gasteiger partial charge in [-0.25, -0.2) is 9.18 Å². The lowest BCUT2D eigenvalue weighted by Gasteiger charge is -2.07. The molecule has 1 N–H and O–H groups in total. The highest BCUT2D eigenvalue weighted by Crippen LogP contribution is 2.22. The fourth-order valence-electron chi connectivity index (χ4n) is 1.32. The molecule has 0 fully saturated rings. The monoisotopic (exact) mass is 265 g/mol. The molecule has 0 aliphatic heterocycles. The van der Waals surface area contributed by atoms with Gasteiger partial charge in [-0.05, 0) is 30.3 Å². The van der Waals surface area contributed by atoms with Crippen molar-refractivity contribution in [2.24, 2.45) is 0 Å². The van der Waals surface area contributed by atoms with E-state index in [1.54, 1.807) is 30.3 Å². The van der Waals surface area contributed by atoms with Gasteiger partial charge in [0, 0.05) is 0 Å². The predicted octanol–water partition coefficient (Wildman–Crippen LogP) is 4.09. The Balaban J connectivity index is 2.05. The second-order valence-electron chi connectivity index (χ2n) is 3.45. The van der Waals surface area contributed by atoms with Crippen molar-refractivity contribution in [3.05, 3.63) is 59.4 Å². The average Bonchev–Trinajstić information content (AvgIpc) is 2.35. The topological polar surface area (TPSA) is 38.3 Å². The van der Waals surface area contributed by atoms with E-state index in [2.05, 4.69) is 5.32 Å². The molecular weight excluding hydrogens is 257 g/mol. The molecule has 0 atom stereocenters. The van der Waals surface area contributed by atoms with Crippen LogP contribution < -0.4 is 10.1 Å². The second kappa shape index (κ2) is 5.51. The van der Waals surface area contributed by atoms with Gasteiger partial charge in [0.25, 0.3) is 0 Å². The van der Waals surface area contributed by atoms with Gasteiger partial charge in [0.15, 0.2) is 0 Å². The van der Waals surface area contributed by atoms with Gasteiger partial charge < -0.3 is 4.74 Å². The van der Waals surface area contributed by atoms with E-state index in [1.165, 1.54) is 12.1 Å². The summed E-state index contributed by atoms with van der Waals surface area (Å²) in [6, 6.07) is 12.2. The zero-order chi connectivity index (χ0) is 13.0. The maximum absolute atomic E-state index is 13.0. The number of anilines is 1. The SMILES string of the molecule is O=C(Nc1cc(F)ccc1Cl)Oc1ccccc1. The zero-order valence-corrected chi connectivity index (χ0v) is 9.95. The van der Waals surface area contributed by atoms with Crippen LogP contribution in [-0.2, 0) is 0 Å². The summed E-state index contributed by atoms with van der Waals surface area (Å²) in [6.07, 6.45) is -0.728. The van der Waals surface area contributed by atoms with Gasteiger partial charge in [-0.15, -0.1) is 0 Å². The van der Waals surface area contributed by atoms with Gasteiger partial charge >= 0.3 is 6.09 Å². The Hall–Kier alpha value is -2.07. The Morgan fingerprint density at radius 1 is 1.17 bits per heavy atom. The van der Waals surface area contributed by atoms with Crippen molar-refractivity contribution in [1.29, 1.82) is 0 Å². The summed E-state index contributed by atoms with van der Waals surface area (Å²) < 4.78 is 18.0. The van der Waals surface area contributed by atoms with E-state index >= 15 is 0 Å². The van der Waals surface area contributed by atoms with Crippen molar-refractivity contribution in [3.8, 4) is 5.75 Å². The highest BCUT2D eigenvalue weighted by atomic mass is 35.5. The molecule has 0 aliphatic rings. The lowest BCUT2D eigenvalue weighted by Crippen LogP contribution is -2.17. The number of carbonyl (C=O) groups is 1. The smallest absolute Gasteiger partial charge is 0.410 e. The first-order valence-corrected chi connectivity index (χ1v) is 5.52. The third-order valence-corrected chi connectivity index (χ3v) is 2.45. The number of hydrogen-bond donors (Lipinski definition) is 1. The van der Waals surface area contributed by atoms with E-state index in [9.17, 15) is 9.18 Å². The van der Waals surface area contributed by atoms with Gasteiger partial charge in [-0.1, -0.05) is 29.8 Å². The maximum atomic E-state index is 13.0. The molecule has 2 rings (SSSR count). The van der Waals surface area contributed by atoms with Crippen molar-refractivity contribution in [2.75, 3.05) is 5.32 Å². The molecule has 0 saturated heterocycles. The van der Waals surface area contributed by atoms with Crippen molar-refractivity contribution >= 4 is 23.4 Å². The Labute approximate surface area is 108 Å². The molecule has 2 aromatic rings. The first-order chi connectivity index (χ1) is 8.65. The van der Waals surface area contributed by atoms with Crippen LogP contribution in [0.4, 0.5) is 14.9 Å². The molecule has 0 radical (unpaired) electrons. The molecule has 5 heteroatoms. The van der Waals surface area contributed by atoms with Gasteiger partial charge in [-0.3, -0.25) is 5.32 Å². The second-order valence-corrected chi connectivity index (χ2v) is 3.86. The quantitative estimate of drug-likeness (QED) is 0.888. The van der Waals surface area contributed by atoms with Crippen LogP contribution in [-0.4, -0.2) is 6.09 Å². The summed E-state index contributed by atoms with van der Waals surface area (Å²) in [5.41, 5.74) is 0.164. The number of amides is 1. The molecule has 3 nitrogen and oxygen atoms in total. The molecule has 0 saturated carbocycles. The van der Waals surface area contributed by atoms with E-state index < -0.39 is 11.9 Å². The van der Waals surface area contributed by atoms with Crippen molar-refractivity contribution in [1.82, 2.24) is 0 Å². The fraction of sp³-hybridized carbons (Fsp3) is 0. The summed E-state index contributed by atoms with van der Waals surface area (Å²) in [5.74, 6) is -0.100. The predicted molar refractivity (Wildman–Crippen MR) is 67.5 cm³/mol. The number of ether oxygens (including phenoxy) is 1. The van der Waals surface area contributed by atoms with Gasteiger partial charge in [0.1, 0.15) is 11.6 Å². The van der Waals surface area contributed by atoms with Crippen LogP contribution >= 0.6 is 11.6 Å². The van der Waals surface area contributed by atoms with Gasteiger partial charge in [-0.2, -0.15) is 0 Å². The van der Waals surface area contributed by atoms with Crippen LogP contribution in [0.25, 0.3) is 0 Å². The molecular formula is C13H9ClFNO2. The summed E-state index contributed by atoms with van der Waals surface area (Å²) >= 11 is 5.81. The molecule has 0 aliphatic carbocycles. The first kappa shape index (κ1) is 12.4. The van der Waals surface area contributed by atoms with Crippen molar-refractivity contribution in [2.45, 2.75) is 0 Å². The summed E-state index contributed by atoms with van der Waals surface area (Å²) in [7, 11) is 0. The number of hydrogen-bond acceptors (Lipinski definition) is 2. The molecule has 0 heterocycles. The normalized spacial score (nSPS) is 9.89. The Bertz CT molecular complexity index is 560. The largest absolute Gasteiger partial charge is 0.417 e. The minimum absolute atomic E-state index is 0.164. The van der Waals surface area contributed by atoms with Crippen LogP contribution in [0.3, 0.4) is 0 Å². The number of halogens is 2. The van der Waals surface area contributed by atoms with Crippen LogP contribution in [0.1, 0.15) is 0 Å². The number of rotatable bonds is 2. The Morgan fingerprint density at radius 2 is 1.89 bits per heavy atom. The third kappa shape index (κ3) is 3.21. The summed E-state index contributed by atoms with van der Waals surface area (Å²) in [5, 5.41) is 2.60. The van der Waals surface area contributed by atoms with Crippen LogP contribution in [0.5, 0.6) is 5.75 Å². The molecule has 92 valence electrons. The molecule has 18 heavy (non-hydrogen) atoms. The molecule has 0 unspecified atom stereocenters. The summed E-state index contributed by atoms with van der Waals surface area (Å²) in [4.78, 5) is 11.5. The average molecular weight is 266 g/mol. The number of para-hydroxylation sites is 1. The number of carbonyl (C=O) groups excluding carboxylic acids is 1. The van der Waals surface area contributed by atoms with Gasteiger partial charge in [0.2, 0.25) is 0 Å². The lowest BCUT2D eigenvalue weighted by atomic mass is 10.3. The zero-order valence-electron chi connectivity index (χ0n) is 9.19. The van der Waals surface area contributed by atoms with E-state index in [0.717, 1.165) is 6.07 Å². The molecule has 0 aromatic heterocycles.